The molecule has 1 aromatic carbocycles. The predicted octanol–water partition coefficient (Wildman–Crippen LogP) is 3.06. The molecule has 0 radical (unpaired) electrons. The number of hydrogen-bond acceptors (Lipinski definition) is 3. The first-order chi connectivity index (χ1) is 9.36. The molecule has 110 valence electrons. The molecule has 0 aliphatic rings. The van der Waals surface area contributed by atoms with Crippen LogP contribution in [0.5, 0.6) is 0 Å². The lowest BCUT2D eigenvalue weighted by Crippen LogP contribution is -2.41. The van der Waals surface area contributed by atoms with Gasteiger partial charge in [0.2, 0.25) is 0 Å². The van der Waals surface area contributed by atoms with Gasteiger partial charge in [0.05, 0.1) is 6.61 Å². The van der Waals surface area contributed by atoms with Gasteiger partial charge in [-0.15, -0.1) is 0 Å². The van der Waals surface area contributed by atoms with Gasteiger partial charge in [-0.25, -0.2) is 0 Å². The van der Waals surface area contributed by atoms with Crippen molar-refractivity contribution in [3.05, 3.63) is 34.3 Å². The van der Waals surface area contributed by atoms with Gasteiger partial charge in [0.25, 0.3) is 5.91 Å². The number of esters is 1. The molecule has 0 fully saturated rings. The fourth-order valence-electron chi connectivity index (χ4n) is 1.81. The maximum atomic E-state index is 12.6. The molecule has 0 aliphatic carbocycles. The highest BCUT2D eigenvalue weighted by Crippen LogP contribution is 2.18. The van der Waals surface area contributed by atoms with Crippen molar-refractivity contribution in [3.63, 3.8) is 0 Å². The molecule has 0 heterocycles. The van der Waals surface area contributed by atoms with E-state index in [4.69, 9.17) is 16.3 Å². The van der Waals surface area contributed by atoms with Gasteiger partial charge in [0.1, 0.15) is 6.54 Å². The minimum absolute atomic E-state index is 0.0592. The zero-order valence-corrected chi connectivity index (χ0v) is 13.0. The Kier molecular flexibility index (Phi) is 6.02. The predicted molar refractivity (Wildman–Crippen MR) is 79.0 cm³/mol. The number of carbonyl (C=O) groups is 2. The first-order valence-electron chi connectivity index (χ1n) is 6.59. The van der Waals surface area contributed by atoms with Crippen molar-refractivity contribution < 1.29 is 14.3 Å². The molecule has 0 aromatic heterocycles. The number of ether oxygens (including phenoxy) is 1. The van der Waals surface area contributed by atoms with Crippen LogP contribution in [0.2, 0.25) is 5.02 Å². The van der Waals surface area contributed by atoms with Gasteiger partial charge in [0, 0.05) is 16.6 Å². The lowest BCUT2D eigenvalue weighted by Gasteiger charge is -2.26. The number of amides is 1. The number of rotatable bonds is 5. The summed E-state index contributed by atoms with van der Waals surface area (Å²) in [5, 5.41) is 0.499. The molecule has 0 atom stereocenters. The molecule has 5 heteroatoms. The molecule has 4 nitrogen and oxygen atoms in total. The molecule has 1 aromatic rings. The fourth-order valence-corrected chi connectivity index (χ4v) is 1.99. The number of nitrogens with zero attached hydrogens (tertiary/aromatic N) is 1. The van der Waals surface area contributed by atoms with Crippen molar-refractivity contribution >= 4 is 23.5 Å². The van der Waals surface area contributed by atoms with Crippen LogP contribution in [-0.2, 0) is 9.53 Å². The van der Waals surface area contributed by atoms with Crippen molar-refractivity contribution in [1.29, 1.82) is 0 Å². The zero-order valence-electron chi connectivity index (χ0n) is 12.3. The first kappa shape index (κ1) is 16.5. The molecule has 1 rings (SSSR count). The van der Waals surface area contributed by atoms with Crippen molar-refractivity contribution in [2.45, 2.75) is 33.7 Å². The van der Waals surface area contributed by atoms with Crippen molar-refractivity contribution in [2.75, 3.05) is 13.2 Å². The van der Waals surface area contributed by atoms with E-state index >= 15 is 0 Å². The summed E-state index contributed by atoms with van der Waals surface area (Å²) in [7, 11) is 0. The third-order valence-electron chi connectivity index (χ3n) is 2.92. The van der Waals surface area contributed by atoms with E-state index in [2.05, 4.69) is 0 Å². The normalized spacial score (nSPS) is 10.5. The summed E-state index contributed by atoms with van der Waals surface area (Å²) in [6.45, 7) is 7.53. The smallest absolute Gasteiger partial charge is 0.325 e. The fraction of sp³-hybridized carbons (Fsp3) is 0.467. The molecule has 0 unspecified atom stereocenters. The Morgan fingerprint density at radius 3 is 2.55 bits per heavy atom. The zero-order chi connectivity index (χ0) is 15.3. The Morgan fingerprint density at radius 1 is 1.35 bits per heavy atom. The lowest BCUT2D eigenvalue weighted by molar-refractivity contribution is -0.144. The Morgan fingerprint density at radius 2 is 2.00 bits per heavy atom. The maximum absolute atomic E-state index is 12.6. The summed E-state index contributed by atoms with van der Waals surface area (Å²) < 4.78 is 4.90. The Labute approximate surface area is 124 Å². The average molecular weight is 298 g/mol. The summed E-state index contributed by atoms with van der Waals surface area (Å²) in [6, 6.07) is 5.04. The Hall–Kier alpha value is -1.55. The van der Waals surface area contributed by atoms with Crippen molar-refractivity contribution in [2.24, 2.45) is 0 Å². The molecule has 0 saturated carbocycles. The molecule has 0 bridgehead atoms. The van der Waals surface area contributed by atoms with Gasteiger partial charge in [-0.05, 0) is 45.4 Å². The molecule has 0 N–H and O–H groups in total. The summed E-state index contributed by atoms with van der Waals surface area (Å²) in [5.74, 6) is -0.623. The number of carbonyl (C=O) groups excluding carboxylic acids is 2. The van der Waals surface area contributed by atoms with E-state index in [0.29, 0.717) is 17.2 Å². The van der Waals surface area contributed by atoms with Crippen LogP contribution >= 0.6 is 11.6 Å². The van der Waals surface area contributed by atoms with Crippen molar-refractivity contribution in [1.82, 2.24) is 4.90 Å². The standard InChI is InChI=1S/C15H20ClNO3/c1-5-20-14(18)9-17(10(2)3)15(19)13-8-12(16)7-6-11(13)4/h6-8,10H,5,9H2,1-4H3. The van der Waals surface area contributed by atoms with Crippen LogP contribution < -0.4 is 0 Å². The molecule has 0 saturated heterocycles. The van der Waals surface area contributed by atoms with Gasteiger partial charge < -0.3 is 9.64 Å². The summed E-state index contributed by atoms with van der Waals surface area (Å²) in [5.41, 5.74) is 1.34. The highest BCUT2D eigenvalue weighted by molar-refractivity contribution is 6.31. The minimum atomic E-state index is -0.408. The van der Waals surface area contributed by atoms with Gasteiger partial charge in [-0.3, -0.25) is 9.59 Å². The summed E-state index contributed by atoms with van der Waals surface area (Å²) in [4.78, 5) is 25.6. The number of hydrogen-bond donors (Lipinski definition) is 0. The third kappa shape index (κ3) is 4.23. The molecule has 1 amide bonds. The second-order valence-corrected chi connectivity index (χ2v) is 5.23. The second-order valence-electron chi connectivity index (χ2n) is 4.79. The maximum Gasteiger partial charge on any atom is 0.325 e. The summed E-state index contributed by atoms with van der Waals surface area (Å²) >= 11 is 5.94. The van der Waals surface area contributed by atoms with Crippen LogP contribution in [0.25, 0.3) is 0 Å². The Bertz CT molecular complexity index is 500. The SMILES string of the molecule is CCOC(=O)CN(C(=O)c1cc(Cl)ccc1C)C(C)C. The number of benzene rings is 1. The van der Waals surface area contributed by atoms with E-state index in [1.165, 1.54) is 4.90 Å². The number of aryl methyl sites for hydroxylation is 1. The van der Waals surface area contributed by atoms with Gasteiger partial charge in [0.15, 0.2) is 0 Å². The number of halogens is 1. The van der Waals surface area contributed by atoms with Crippen LogP contribution in [0, 0.1) is 6.92 Å². The van der Waals surface area contributed by atoms with E-state index < -0.39 is 5.97 Å². The minimum Gasteiger partial charge on any atom is -0.465 e. The molecule has 20 heavy (non-hydrogen) atoms. The quantitative estimate of drug-likeness (QED) is 0.785. The van der Waals surface area contributed by atoms with Gasteiger partial charge in [-0.1, -0.05) is 17.7 Å². The lowest BCUT2D eigenvalue weighted by atomic mass is 10.1. The topological polar surface area (TPSA) is 46.6 Å². The molecule has 0 aliphatic heterocycles. The van der Waals surface area contributed by atoms with E-state index in [9.17, 15) is 9.59 Å². The molecular weight excluding hydrogens is 278 g/mol. The monoisotopic (exact) mass is 297 g/mol. The highest BCUT2D eigenvalue weighted by atomic mass is 35.5. The average Bonchev–Trinajstić information content (AvgIpc) is 2.38. The van der Waals surface area contributed by atoms with Crippen molar-refractivity contribution in [3.8, 4) is 0 Å². The first-order valence-corrected chi connectivity index (χ1v) is 6.97. The van der Waals surface area contributed by atoms with Gasteiger partial charge >= 0.3 is 5.97 Å². The van der Waals surface area contributed by atoms with E-state index in [0.717, 1.165) is 5.56 Å². The van der Waals surface area contributed by atoms with E-state index in [-0.39, 0.29) is 18.5 Å². The highest BCUT2D eigenvalue weighted by Gasteiger charge is 2.23. The molecular formula is C15H20ClNO3. The van der Waals surface area contributed by atoms with Crippen LogP contribution in [0.3, 0.4) is 0 Å². The van der Waals surface area contributed by atoms with E-state index in [1.807, 2.05) is 20.8 Å². The third-order valence-corrected chi connectivity index (χ3v) is 3.15. The largest absolute Gasteiger partial charge is 0.465 e. The molecule has 0 spiro atoms. The van der Waals surface area contributed by atoms with Crippen LogP contribution in [0.4, 0.5) is 0 Å². The van der Waals surface area contributed by atoms with E-state index in [1.54, 1.807) is 25.1 Å². The van der Waals surface area contributed by atoms with Crippen LogP contribution in [-0.4, -0.2) is 36.0 Å². The summed E-state index contributed by atoms with van der Waals surface area (Å²) in [6.07, 6.45) is 0. The Balaban J connectivity index is 2.99. The van der Waals surface area contributed by atoms with Gasteiger partial charge in [-0.2, -0.15) is 0 Å². The van der Waals surface area contributed by atoms with Crippen LogP contribution in [0.1, 0.15) is 36.7 Å². The van der Waals surface area contributed by atoms with Crippen LogP contribution in [0.15, 0.2) is 18.2 Å². The second kappa shape index (κ2) is 7.29.